The van der Waals surface area contributed by atoms with Gasteiger partial charge in [0.05, 0.1) is 18.6 Å². The molecular formula is C26H35B2FN2O4. The molecule has 1 unspecified atom stereocenters. The number of nitrogens with zero attached hydrogens (tertiary/aromatic N) is 1. The van der Waals surface area contributed by atoms with E-state index in [9.17, 15) is 4.79 Å². The summed E-state index contributed by atoms with van der Waals surface area (Å²) in [6.07, 6.45) is 1.76. The molecule has 0 aromatic heterocycles. The van der Waals surface area contributed by atoms with E-state index in [-0.39, 0.29) is 30.7 Å². The second-order valence-electron chi connectivity index (χ2n) is 10.4. The smallest absolute Gasteiger partial charge is 0.308 e. The minimum atomic E-state index is -1.39. The van der Waals surface area contributed by atoms with Gasteiger partial charge in [-0.25, -0.2) is 0 Å². The average molecular weight is 480 g/mol. The SMILES string of the molecule is BC(B)(F)CN1C(c2ccc(O[C@H]3CCNC3)cc2OC)c2ccc(C)c(OC(C)=O)c2C[C@H]1C. The van der Waals surface area contributed by atoms with E-state index >= 15 is 4.39 Å². The number of hydrogen-bond acceptors (Lipinski definition) is 6. The maximum absolute atomic E-state index is 15.0. The number of fused-ring (bicyclic) bond motifs is 1. The van der Waals surface area contributed by atoms with Gasteiger partial charge in [-0.3, -0.25) is 14.1 Å². The lowest BCUT2D eigenvalue weighted by Crippen LogP contribution is -2.50. The molecule has 2 aromatic carbocycles. The summed E-state index contributed by atoms with van der Waals surface area (Å²) in [5, 5.41) is 3.32. The van der Waals surface area contributed by atoms with Gasteiger partial charge in [0.25, 0.3) is 0 Å². The number of esters is 1. The first-order valence-electron chi connectivity index (χ1n) is 12.4. The molecule has 186 valence electrons. The van der Waals surface area contributed by atoms with Crippen molar-refractivity contribution in [1.29, 1.82) is 0 Å². The van der Waals surface area contributed by atoms with Gasteiger partial charge in [0.1, 0.15) is 39.0 Å². The van der Waals surface area contributed by atoms with E-state index < -0.39 is 5.47 Å². The topological polar surface area (TPSA) is 60.0 Å². The maximum Gasteiger partial charge on any atom is 0.308 e. The highest BCUT2D eigenvalue weighted by Gasteiger charge is 2.39. The molecule has 0 saturated carbocycles. The number of carbonyl (C=O) groups is 1. The van der Waals surface area contributed by atoms with Crippen LogP contribution in [0, 0.1) is 6.92 Å². The van der Waals surface area contributed by atoms with Gasteiger partial charge in [0.15, 0.2) is 0 Å². The van der Waals surface area contributed by atoms with Gasteiger partial charge in [-0.15, -0.1) is 0 Å². The van der Waals surface area contributed by atoms with Crippen molar-refractivity contribution in [1.82, 2.24) is 10.2 Å². The molecule has 0 aliphatic carbocycles. The summed E-state index contributed by atoms with van der Waals surface area (Å²) in [5.41, 5.74) is 2.44. The summed E-state index contributed by atoms with van der Waals surface area (Å²) < 4.78 is 32.7. The number of hydrogen-bond donors (Lipinski definition) is 1. The summed E-state index contributed by atoms with van der Waals surface area (Å²) in [7, 11) is 4.86. The van der Waals surface area contributed by atoms with E-state index in [1.165, 1.54) is 6.92 Å². The monoisotopic (exact) mass is 480 g/mol. The van der Waals surface area contributed by atoms with Crippen LogP contribution in [0.4, 0.5) is 4.39 Å². The van der Waals surface area contributed by atoms with Crippen LogP contribution in [0.5, 0.6) is 17.2 Å². The molecule has 6 nitrogen and oxygen atoms in total. The molecule has 4 rings (SSSR count). The largest absolute Gasteiger partial charge is 0.496 e. The Morgan fingerprint density at radius 2 is 2.00 bits per heavy atom. The Morgan fingerprint density at radius 3 is 2.63 bits per heavy atom. The summed E-state index contributed by atoms with van der Waals surface area (Å²) in [6.45, 7) is 7.49. The van der Waals surface area contributed by atoms with Crippen molar-refractivity contribution in [3.8, 4) is 17.2 Å². The number of aryl methyl sites for hydroxylation is 1. The number of alkyl halides is 1. The average Bonchev–Trinajstić information content (AvgIpc) is 3.29. The molecule has 9 heteroatoms. The van der Waals surface area contributed by atoms with Gasteiger partial charge < -0.3 is 19.5 Å². The molecule has 0 bridgehead atoms. The zero-order valence-electron chi connectivity index (χ0n) is 21.6. The highest BCUT2D eigenvalue weighted by Crippen LogP contribution is 2.46. The van der Waals surface area contributed by atoms with Crippen molar-refractivity contribution >= 4 is 21.7 Å². The Balaban J connectivity index is 1.82. The highest BCUT2D eigenvalue weighted by molar-refractivity contribution is 6.39. The van der Waals surface area contributed by atoms with Gasteiger partial charge >= 0.3 is 5.97 Å². The maximum atomic E-state index is 15.0. The summed E-state index contributed by atoms with van der Waals surface area (Å²) in [4.78, 5) is 14.1. The number of methoxy groups -OCH3 is 1. The summed E-state index contributed by atoms with van der Waals surface area (Å²) in [5.74, 6) is 1.71. The van der Waals surface area contributed by atoms with Crippen LogP contribution in [0.15, 0.2) is 30.3 Å². The fourth-order valence-electron chi connectivity index (χ4n) is 5.30. The Kier molecular flexibility index (Phi) is 7.48. The van der Waals surface area contributed by atoms with Crippen molar-refractivity contribution < 1.29 is 23.4 Å². The Labute approximate surface area is 209 Å². The van der Waals surface area contributed by atoms with Crippen LogP contribution in [-0.2, 0) is 11.2 Å². The third-order valence-electron chi connectivity index (χ3n) is 6.81. The third-order valence-corrected chi connectivity index (χ3v) is 6.81. The molecule has 1 saturated heterocycles. The second-order valence-corrected chi connectivity index (χ2v) is 10.4. The fourth-order valence-corrected chi connectivity index (χ4v) is 5.30. The van der Waals surface area contributed by atoms with Crippen LogP contribution in [0.25, 0.3) is 0 Å². The van der Waals surface area contributed by atoms with Gasteiger partial charge in [0, 0.05) is 43.2 Å². The van der Waals surface area contributed by atoms with Gasteiger partial charge in [-0.1, -0.05) is 12.1 Å². The minimum Gasteiger partial charge on any atom is -0.496 e. The summed E-state index contributed by atoms with van der Waals surface area (Å²) >= 11 is 0. The van der Waals surface area contributed by atoms with Gasteiger partial charge in [-0.05, 0) is 56.5 Å². The van der Waals surface area contributed by atoms with Crippen molar-refractivity contribution in [3.63, 3.8) is 0 Å². The van der Waals surface area contributed by atoms with Crippen LogP contribution in [0.3, 0.4) is 0 Å². The molecule has 1 N–H and O–H groups in total. The van der Waals surface area contributed by atoms with Crippen molar-refractivity contribution in [2.45, 2.75) is 57.3 Å². The van der Waals surface area contributed by atoms with Crippen LogP contribution >= 0.6 is 0 Å². The van der Waals surface area contributed by atoms with E-state index in [4.69, 9.17) is 14.2 Å². The molecule has 2 aliphatic heterocycles. The standard InChI is InChI=1S/C26H35B2FN2O4/c1-15-5-7-20-22(25(15)34-17(3)32)11-16(2)31(14-26(27,28)29)24(20)21-8-6-18(12-23(21)33-4)35-19-9-10-30-13-19/h5-8,12,16,19,24,30H,9-11,13-14,27-28H2,1-4H3/t16-,19+,24?/m1/s1. The first kappa shape index (κ1) is 25.6. The predicted molar refractivity (Wildman–Crippen MR) is 140 cm³/mol. The first-order chi connectivity index (χ1) is 16.6. The number of nitrogens with one attached hydrogen (secondary N) is 1. The van der Waals surface area contributed by atoms with Crippen molar-refractivity contribution in [3.05, 3.63) is 52.6 Å². The zero-order valence-corrected chi connectivity index (χ0v) is 21.6. The number of carbonyl (C=O) groups excluding carboxylic acids is 1. The number of halogens is 1. The lowest BCUT2D eigenvalue weighted by molar-refractivity contribution is -0.132. The third kappa shape index (κ3) is 5.67. The molecule has 0 spiro atoms. The first-order valence-corrected chi connectivity index (χ1v) is 12.4. The molecule has 1 fully saturated rings. The van der Waals surface area contributed by atoms with E-state index in [2.05, 4.69) is 23.2 Å². The number of benzene rings is 2. The molecule has 2 aliphatic rings. The van der Waals surface area contributed by atoms with Gasteiger partial charge in [-0.2, -0.15) is 0 Å². The van der Waals surface area contributed by atoms with E-state index in [0.29, 0.717) is 17.9 Å². The van der Waals surface area contributed by atoms with E-state index in [1.54, 1.807) is 22.8 Å². The number of rotatable bonds is 7. The molecule has 3 atom stereocenters. The van der Waals surface area contributed by atoms with Crippen LogP contribution in [0.1, 0.15) is 48.6 Å². The van der Waals surface area contributed by atoms with Crippen LogP contribution < -0.4 is 19.5 Å². The zero-order chi connectivity index (χ0) is 25.3. The summed E-state index contributed by atoms with van der Waals surface area (Å²) in [6, 6.07) is 9.70. The second kappa shape index (κ2) is 10.2. The quantitative estimate of drug-likeness (QED) is 0.372. The van der Waals surface area contributed by atoms with Crippen molar-refractivity contribution in [2.75, 3.05) is 26.7 Å². The molecular weight excluding hydrogens is 445 g/mol. The van der Waals surface area contributed by atoms with Crippen molar-refractivity contribution in [2.24, 2.45) is 0 Å². The van der Waals surface area contributed by atoms with E-state index in [0.717, 1.165) is 47.5 Å². The van der Waals surface area contributed by atoms with Crippen LogP contribution in [0.2, 0.25) is 0 Å². The Bertz CT molecular complexity index is 1090. The predicted octanol–water partition coefficient (Wildman–Crippen LogP) is 1.90. The Morgan fingerprint density at radius 1 is 1.26 bits per heavy atom. The molecule has 0 radical (unpaired) electrons. The highest BCUT2D eigenvalue weighted by atomic mass is 19.1. The molecule has 35 heavy (non-hydrogen) atoms. The molecule has 2 aromatic rings. The van der Waals surface area contributed by atoms with Crippen LogP contribution in [-0.4, -0.2) is 70.9 Å². The number of ether oxygens (including phenoxy) is 3. The fraction of sp³-hybridized carbons (Fsp3) is 0.500. The van der Waals surface area contributed by atoms with E-state index in [1.807, 2.05) is 31.2 Å². The molecule has 0 amide bonds. The normalized spacial score (nSPS) is 22.5. The Hall–Kier alpha value is -2.51. The lowest BCUT2D eigenvalue weighted by Gasteiger charge is -2.45. The lowest BCUT2D eigenvalue weighted by atomic mass is 9.66. The minimum absolute atomic E-state index is 0.0174. The van der Waals surface area contributed by atoms with Gasteiger partial charge in [0.2, 0.25) is 0 Å². The molecule has 2 heterocycles.